The van der Waals surface area contributed by atoms with E-state index in [9.17, 15) is 13.2 Å². The molecule has 0 amide bonds. The van der Waals surface area contributed by atoms with E-state index < -0.39 is 17.5 Å². The molecule has 1 unspecified atom stereocenters. The van der Waals surface area contributed by atoms with Crippen LogP contribution in [0, 0.1) is 17.5 Å². The average molecular weight is 271 g/mol. The predicted molar refractivity (Wildman–Crippen MR) is 61.6 cm³/mol. The van der Waals surface area contributed by atoms with E-state index in [2.05, 4.69) is 10.1 Å². The lowest BCUT2D eigenvalue weighted by Gasteiger charge is -2.02. The van der Waals surface area contributed by atoms with Gasteiger partial charge in [-0.3, -0.25) is 0 Å². The summed E-state index contributed by atoms with van der Waals surface area (Å²) in [6.07, 6.45) is 1.10. The summed E-state index contributed by atoms with van der Waals surface area (Å²) in [6.45, 7) is 1.91. The molecule has 2 aromatic rings. The molecule has 0 spiro atoms. The molecule has 0 bridgehead atoms. The van der Waals surface area contributed by atoms with Gasteiger partial charge in [-0.15, -0.1) is 0 Å². The van der Waals surface area contributed by atoms with Gasteiger partial charge in [-0.25, -0.2) is 13.2 Å². The number of nitrogens with two attached hydrogens (primary N) is 1. The van der Waals surface area contributed by atoms with E-state index in [1.54, 1.807) is 0 Å². The van der Waals surface area contributed by atoms with Crippen LogP contribution in [0.1, 0.15) is 19.2 Å². The summed E-state index contributed by atoms with van der Waals surface area (Å²) < 4.78 is 43.9. The molecule has 2 N–H and O–H groups in total. The third-order valence-corrected chi connectivity index (χ3v) is 2.67. The highest BCUT2D eigenvalue weighted by Gasteiger charge is 2.16. The summed E-state index contributed by atoms with van der Waals surface area (Å²) in [5.41, 5.74) is 5.73. The van der Waals surface area contributed by atoms with Crippen molar-refractivity contribution < 1.29 is 17.7 Å². The Balaban J connectivity index is 2.28. The Labute approximate surface area is 107 Å². The molecule has 0 saturated carbocycles. The first-order valence-corrected chi connectivity index (χ1v) is 5.74. The van der Waals surface area contributed by atoms with Crippen molar-refractivity contribution in [2.24, 2.45) is 5.73 Å². The van der Waals surface area contributed by atoms with Crippen LogP contribution in [-0.2, 0) is 6.42 Å². The lowest BCUT2D eigenvalue weighted by molar-refractivity contribution is 0.368. The number of benzene rings is 1. The van der Waals surface area contributed by atoms with Crippen molar-refractivity contribution >= 4 is 0 Å². The molecule has 1 aromatic carbocycles. The predicted octanol–water partition coefficient (Wildman–Crippen LogP) is 2.43. The fourth-order valence-electron chi connectivity index (χ4n) is 1.51. The van der Waals surface area contributed by atoms with E-state index in [1.165, 1.54) is 0 Å². The fourth-order valence-corrected chi connectivity index (χ4v) is 1.51. The topological polar surface area (TPSA) is 64.9 Å². The normalized spacial score (nSPS) is 12.7. The maximum Gasteiger partial charge on any atom is 0.228 e. The molecule has 4 nitrogen and oxygen atoms in total. The molecule has 19 heavy (non-hydrogen) atoms. The Hall–Kier alpha value is -1.89. The first-order chi connectivity index (χ1) is 9.01. The lowest BCUT2D eigenvalue weighted by atomic mass is 10.1. The highest BCUT2D eigenvalue weighted by atomic mass is 19.2. The van der Waals surface area contributed by atoms with E-state index in [-0.39, 0.29) is 23.3 Å². The van der Waals surface area contributed by atoms with Crippen LogP contribution in [-0.4, -0.2) is 16.2 Å². The molecule has 1 aromatic heterocycles. The summed E-state index contributed by atoms with van der Waals surface area (Å²) in [6, 6.07) is 1.49. The molecular weight excluding hydrogens is 259 g/mol. The average Bonchev–Trinajstić information content (AvgIpc) is 2.83. The number of nitrogens with zero attached hydrogens (tertiary/aromatic N) is 2. The van der Waals surface area contributed by atoms with Gasteiger partial charge in [-0.05, 0) is 18.6 Å². The Kier molecular flexibility index (Phi) is 3.84. The van der Waals surface area contributed by atoms with E-state index >= 15 is 0 Å². The molecule has 7 heteroatoms. The molecule has 2 rings (SSSR count). The van der Waals surface area contributed by atoms with Gasteiger partial charge in [-0.1, -0.05) is 12.1 Å². The van der Waals surface area contributed by atoms with Crippen LogP contribution < -0.4 is 5.73 Å². The molecule has 0 saturated heterocycles. The second-order valence-electron chi connectivity index (χ2n) is 4.14. The Morgan fingerprint density at radius 3 is 2.47 bits per heavy atom. The van der Waals surface area contributed by atoms with Crippen molar-refractivity contribution in [1.29, 1.82) is 0 Å². The van der Waals surface area contributed by atoms with Crippen LogP contribution in [0.15, 0.2) is 16.7 Å². The summed E-state index contributed by atoms with van der Waals surface area (Å²) in [5, 5.41) is 3.59. The quantitative estimate of drug-likeness (QED) is 0.867. The van der Waals surface area contributed by atoms with Crippen molar-refractivity contribution in [1.82, 2.24) is 10.1 Å². The first-order valence-electron chi connectivity index (χ1n) is 5.74. The van der Waals surface area contributed by atoms with E-state index in [0.29, 0.717) is 6.42 Å². The number of rotatable bonds is 4. The molecule has 0 aliphatic heterocycles. The van der Waals surface area contributed by atoms with Crippen molar-refractivity contribution in [3.8, 4) is 11.4 Å². The van der Waals surface area contributed by atoms with Gasteiger partial charge in [0.25, 0.3) is 0 Å². The zero-order chi connectivity index (χ0) is 14.0. The van der Waals surface area contributed by atoms with Crippen molar-refractivity contribution in [3.63, 3.8) is 0 Å². The molecule has 1 atom stereocenters. The maximum atomic E-state index is 13.1. The number of hydrogen-bond acceptors (Lipinski definition) is 4. The zero-order valence-electron chi connectivity index (χ0n) is 10.2. The third-order valence-electron chi connectivity index (χ3n) is 2.67. The van der Waals surface area contributed by atoms with Gasteiger partial charge < -0.3 is 10.3 Å². The monoisotopic (exact) mass is 271 g/mol. The van der Waals surface area contributed by atoms with Crippen molar-refractivity contribution in [3.05, 3.63) is 35.5 Å². The van der Waals surface area contributed by atoms with Gasteiger partial charge in [0.05, 0.1) is 0 Å². The SMILES string of the molecule is CCC(N)Cc1nc(-c2cc(F)c(F)c(F)c2)no1. The maximum absolute atomic E-state index is 13.1. The standard InChI is InChI=1S/C12H12F3N3O/c1-2-7(16)5-10-17-12(18-19-10)6-3-8(13)11(15)9(14)4-6/h3-4,7H,2,5,16H2,1H3. The molecule has 0 aliphatic rings. The van der Waals surface area contributed by atoms with Gasteiger partial charge in [-0.2, -0.15) is 4.98 Å². The van der Waals surface area contributed by atoms with E-state index in [1.807, 2.05) is 6.92 Å². The van der Waals surface area contributed by atoms with Gasteiger partial charge in [0.15, 0.2) is 17.5 Å². The number of hydrogen-bond donors (Lipinski definition) is 1. The van der Waals surface area contributed by atoms with Crippen molar-refractivity contribution in [2.75, 3.05) is 0 Å². The molecule has 0 radical (unpaired) electrons. The first kappa shape index (κ1) is 13.5. The van der Waals surface area contributed by atoms with Crippen LogP contribution in [0.5, 0.6) is 0 Å². The highest BCUT2D eigenvalue weighted by Crippen LogP contribution is 2.21. The Bertz CT molecular complexity index is 562. The minimum atomic E-state index is -1.53. The third kappa shape index (κ3) is 2.93. The highest BCUT2D eigenvalue weighted by molar-refractivity contribution is 5.54. The molecule has 102 valence electrons. The Morgan fingerprint density at radius 2 is 1.89 bits per heavy atom. The second-order valence-corrected chi connectivity index (χ2v) is 4.14. The van der Waals surface area contributed by atoms with Crippen LogP contribution in [0.2, 0.25) is 0 Å². The van der Waals surface area contributed by atoms with E-state index in [0.717, 1.165) is 18.6 Å². The van der Waals surface area contributed by atoms with Gasteiger partial charge in [0.1, 0.15) is 0 Å². The summed E-state index contributed by atoms with van der Waals surface area (Å²) in [5.74, 6) is -3.86. The molecule has 0 aliphatic carbocycles. The van der Waals surface area contributed by atoms with Crippen LogP contribution in [0.4, 0.5) is 13.2 Å². The second kappa shape index (κ2) is 5.40. The zero-order valence-corrected chi connectivity index (χ0v) is 10.2. The summed E-state index contributed by atoms with van der Waals surface area (Å²) in [7, 11) is 0. The largest absolute Gasteiger partial charge is 0.339 e. The molecular formula is C12H12F3N3O. The van der Waals surface area contributed by atoms with E-state index in [4.69, 9.17) is 10.3 Å². The fraction of sp³-hybridized carbons (Fsp3) is 0.333. The smallest absolute Gasteiger partial charge is 0.228 e. The summed E-state index contributed by atoms with van der Waals surface area (Å²) >= 11 is 0. The van der Waals surface area contributed by atoms with Gasteiger partial charge >= 0.3 is 0 Å². The lowest BCUT2D eigenvalue weighted by Crippen LogP contribution is -2.21. The van der Waals surface area contributed by atoms with Gasteiger partial charge in [0, 0.05) is 18.0 Å². The number of halogens is 3. The van der Waals surface area contributed by atoms with Crippen LogP contribution in [0.25, 0.3) is 11.4 Å². The van der Waals surface area contributed by atoms with Crippen LogP contribution in [0.3, 0.4) is 0 Å². The molecule has 1 heterocycles. The van der Waals surface area contributed by atoms with Crippen LogP contribution >= 0.6 is 0 Å². The van der Waals surface area contributed by atoms with Crippen molar-refractivity contribution in [2.45, 2.75) is 25.8 Å². The summed E-state index contributed by atoms with van der Waals surface area (Å²) in [4.78, 5) is 3.97. The number of aromatic nitrogens is 2. The Morgan fingerprint density at radius 1 is 1.26 bits per heavy atom. The van der Waals surface area contributed by atoms with Gasteiger partial charge in [0.2, 0.25) is 11.7 Å². The molecule has 0 fully saturated rings. The minimum Gasteiger partial charge on any atom is -0.339 e. The minimum absolute atomic E-state index is 0.00361.